The second kappa shape index (κ2) is 10.5. The topological polar surface area (TPSA) is 158 Å². The van der Waals surface area contributed by atoms with Crippen LogP contribution >= 0.6 is 11.3 Å². The molecule has 1 saturated heterocycles. The van der Waals surface area contributed by atoms with Crippen LogP contribution in [-0.4, -0.2) is 57.3 Å². The smallest absolute Gasteiger partial charge is 0.325 e. The van der Waals surface area contributed by atoms with Crippen molar-refractivity contribution in [2.45, 2.75) is 48.6 Å². The van der Waals surface area contributed by atoms with Crippen LogP contribution in [0.1, 0.15) is 36.5 Å². The van der Waals surface area contributed by atoms with Gasteiger partial charge in [0.2, 0.25) is 20.0 Å². The zero-order valence-electron chi connectivity index (χ0n) is 20.2. The van der Waals surface area contributed by atoms with Gasteiger partial charge in [-0.2, -0.15) is 9.30 Å². The van der Waals surface area contributed by atoms with Gasteiger partial charge >= 0.3 is 5.97 Å². The molecule has 198 valence electrons. The van der Waals surface area contributed by atoms with Crippen molar-refractivity contribution >= 4 is 53.5 Å². The number of piperidine rings is 1. The van der Waals surface area contributed by atoms with Crippen molar-refractivity contribution in [2.75, 3.05) is 13.7 Å². The molecule has 0 spiro atoms. The summed E-state index contributed by atoms with van der Waals surface area (Å²) in [5.74, 6) is -1.25. The largest absolute Gasteiger partial charge is 0.468 e. The fourth-order valence-electron chi connectivity index (χ4n) is 4.15. The van der Waals surface area contributed by atoms with Crippen molar-refractivity contribution in [3.05, 3.63) is 52.8 Å². The van der Waals surface area contributed by atoms with Gasteiger partial charge in [0, 0.05) is 18.2 Å². The molecular weight excluding hydrogens is 540 g/mol. The lowest BCUT2D eigenvalue weighted by Crippen LogP contribution is -2.41. The monoisotopic (exact) mass is 566 g/mol. The summed E-state index contributed by atoms with van der Waals surface area (Å²) in [5, 5.41) is 5.22. The van der Waals surface area contributed by atoms with E-state index in [1.165, 1.54) is 58.4 Å². The number of methoxy groups -OCH3 is 1. The highest BCUT2D eigenvalue weighted by Gasteiger charge is 2.31. The lowest BCUT2D eigenvalue weighted by atomic mass is 10.1. The number of ether oxygens (including phenoxy) is 1. The van der Waals surface area contributed by atoms with E-state index in [2.05, 4.69) is 4.99 Å². The Morgan fingerprint density at radius 3 is 2.38 bits per heavy atom. The molecule has 1 aliphatic heterocycles. The minimum Gasteiger partial charge on any atom is -0.468 e. The van der Waals surface area contributed by atoms with Gasteiger partial charge < -0.3 is 9.30 Å². The quantitative estimate of drug-likeness (QED) is 0.446. The Hall–Kier alpha value is -2.91. The third kappa shape index (κ3) is 5.67. The number of rotatable bonds is 6. The van der Waals surface area contributed by atoms with Crippen LogP contribution in [-0.2, 0) is 36.1 Å². The van der Waals surface area contributed by atoms with Crippen LogP contribution in [0.25, 0.3) is 10.2 Å². The molecule has 0 aliphatic carbocycles. The summed E-state index contributed by atoms with van der Waals surface area (Å²) in [6, 6.07) is 9.56. The number of carbonyl (C=O) groups excluding carboxylic acids is 2. The molecule has 4 rings (SSSR count). The van der Waals surface area contributed by atoms with E-state index in [1.807, 2.05) is 6.92 Å². The highest BCUT2D eigenvalue weighted by molar-refractivity contribution is 7.89. The number of sulfonamides is 2. The fourth-order valence-corrected chi connectivity index (χ4v) is 7.53. The van der Waals surface area contributed by atoms with E-state index < -0.39 is 31.9 Å². The minimum atomic E-state index is -3.96. The molecule has 1 aliphatic rings. The van der Waals surface area contributed by atoms with Crippen molar-refractivity contribution in [3.8, 4) is 0 Å². The zero-order valence-corrected chi connectivity index (χ0v) is 22.6. The SMILES string of the molecule is COC(=O)Cn1c(=NC(=O)c2ccc(S(=O)(=O)N3CCCCC3C)cc2)sc2cc(S(N)(=O)=O)ccc21. The van der Waals surface area contributed by atoms with Crippen molar-refractivity contribution in [1.82, 2.24) is 8.87 Å². The van der Waals surface area contributed by atoms with Crippen LogP contribution < -0.4 is 9.94 Å². The molecule has 2 heterocycles. The van der Waals surface area contributed by atoms with Gasteiger partial charge in [0.25, 0.3) is 5.91 Å². The highest BCUT2D eigenvalue weighted by atomic mass is 32.2. The number of esters is 1. The molecule has 1 amide bonds. The Morgan fingerprint density at radius 1 is 1.08 bits per heavy atom. The number of nitrogens with two attached hydrogens (primary N) is 1. The Balaban J connectivity index is 1.71. The standard InChI is InChI=1S/C23H26N4O7S3/c1-15-5-3-4-12-27(15)37(32,33)17-8-6-16(7-9-17)22(29)25-23-26(14-21(28)34-2)19-11-10-18(36(24,30)31)13-20(19)35-23/h6-11,13,15H,3-5,12,14H2,1-2H3,(H2,24,30,31). The summed E-state index contributed by atoms with van der Waals surface area (Å²) in [6.45, 7) is 2.08. The lowest BCUT2D eigenvalue weighted by Gasteiger charge is -2.32. The predicted octanol–water partition coefficient (Wildman–Crippen LogP) is 1.83. The van der Waals surface area contributed by atoms with Crippen LogP contribution in [0.3, 0.4) is 0 Å². The van der Waals surface area contributed by atoms with Crippen molar-refractivity contribution in [1.29, 1.82) is 0 Å². The Morgan fingerprint density at radius 2 is 1.76 bits per heavy atom. The fraction of sp³-hybridized carbons (Fsp3) is 0.348. The number of hydrogen-bond donors (Lipinski definition) is 1. The van der Waals surface area contributed by atoms with E-state index in [9.17, 15) is 26.4 Å². The van der Waals surface area contributed by atoms with Crippen LogP contribution in [0.5, 0.6) is 0 Å². The van der Waals surface area contributed by atoms with E-state index in [-0.39, 0.29) is 32.7 Å². The summed E-state index contributed by atoms with van der Waals surface area (Å²) in [7, 11) is -6.43. The first-order valence-electron chi connectivity index (χ1n) is 11.4. The van der Waals surface area contributed by atoms with Gasteiger partial charge in [0.15, 0.2) is 4.80 Å². The van der Waals surface area contributed by atoms with Gasteiger partial charge in [0.05, 0.1) is 27.1 Å². The lowest BCUT2D eigenvalue weighted by molar-refractivity contribution is -0.141. The molecule has 0 bridgehead atoms. The second-order valence-corrected chi connectivity index (χ2v) is 13.1. The zero-order chi connectivity index (χ0) is 27.0. The Kier molecular flexibility index (Phi) is 7.67. The number of carbonyl (C=O) groups is 2. The van der Waals surface area contributed by atoms with Gasteiger partial charge in [-0.3, -0.25) is 9.59 Å². The number of thiazole rings is 1. The number of fused-ring (bicyclic) bond motifs is 1. The molecular formula is C23H26N4O7S3. The molecule has 2 aromatic carbocycles. The summed E-state index contributed by atoms with van der Waals surface area (Å²) < 4.78 is 57.7. The first kappa shape index (κ1) is 27.1. The average Bonchev–Trinajstić information content (AvgIpc) is 3.19. The number of hydrogen-bond acceptors (Lipinski definition) is 8. The van der Waals surface area contributed by atoms with E-state index >= 15 is 0 Å². The Labute approximate surface area is 218 Å². The van der Waals surface area contributed by atoms with Crippen LogP contribution in [0.2, 0.25) is 0 Å². The van der Waals surface area contributed by atoms with Crippen LogP contribution in [0.4, 0.5) is 0 Å². The summed E-state index contributed by atoms with van der Waals surface area (Å²) in [5.41, 5.74) is 0.615. The molecule has 0 radical (unpaired) electrons. The van der Waals surface area contributed by atoms with Gasteiger partial charge in [-0.15, -0.1) is 0 Å². The summed E-state index contributed by atoms with van der Waals surface area (Å²) in [6.07, 6.45) is 2.59. The number of primary sulfonamides is 1. The molecule has 3 aromatic rings. The maximum Gasteiger partial charge on any atom is 0.325 e. The highest BCUT2D eigenvalue weighted by Crippen LogP contribution is 2.26. The van der Waals surface area contributed by atoms with Gasteiger partial charge in [-0.05, 0) is 62.2 Å². The second-order valence-electron chi connectivity index (χ2n) is 8.62. The number of benzene rings is 2. The molecule has 14 heteroatoms. The van der Waals surface area contributed by atoms with Crippen molar-refractivity contribution in [2.24, 2.45) is 10.1 Å². The summed E-state index contributed by atoms with van der Waals surface area (Å²) >= 11 is 1.00. The Bertz CT molecular complexity index is 1640. The van der Waals surface area contributed by atoms with Crippen molar-refractivity contribution < 1.29 is 31.2 Å². The molecule has 0 saturated carbocycles. The maximum absolute atomic E-state index is 13.1. The predicted molar refractivity (Wildman–Crippen MR) is 137 cm³/mol. The molecule has 1 fully saturated rings. The first-order chi connectivity index (χ1) is 17.4. The average molecular weight is 567 g/mol. The minimum absolute atomic E-state index is 0.0935. The molecule has 1 atom stereocenters. The third-order valence-electron chi connectivity index (χ3n) is 6.14. The molecule has 11 nitrogen and oxygen atoms in total. The van der Waals surface area contributed by atoms with E-state index in [0.29, 0.717) is 16.8 Å². The molecule has 1 aromatic heterocycles. The molecule has 37 heavy (non-hydrogen) atoms. The summed E-state index contributed by atoms with van der Waals surface area (Å²) in [4.78, 5) is 29.2. The van der Waals surface area contributed by atoms with E-state index in [1.54, 1.807) is 0 Å². The molecule has 2 N–H and O–H groups in total. The molecule has 1 unspecified atom stereocenters. The number of nitrogens with zero attached hydrogens (tertiary/aromatic N) is 3. The first-order valence-corrected chi connectivity index (χ1v) is 15.2. The van der Waals surface area contributed by atoms with Crippen LogP contribution in [0.15, 0.2) is 57.2 Å². The number of aromatic nitrogens is 1. The van der Waals surface area contributed by atoms with Crippen molar-refractivity contribution in [3.63, 3.8) is 0 Å². The normalized spacial score (nSPS) is 17.7. The van der Waals surface area contributed by atoms with Gasteiger partial charge in [-0.25, -0.2) is 22.0 Å². The maximum atomic E-state index is 13.1. The van der Waals surface area contributed by atoms with E-state index in [0.717, 1.165) is 30.6 Å². The van der Waals surface area contributed by atoms with E-state index in [4.69, 9.17) is 9.88 Å². The number of amides is 1. The van der Waals surface area contributed by atoms with Gasteiger partial charge in [0.1, 0.15) is 6.54 Å². The third-order valence-corrected chi connectivity index (χ3v) is 10.1. The van der Waals surface area contributed by atoms with Gasteiger partial charge in [-0.1, -0.05) is 17.8 Å². The van der Waals surface area contributed by atoms with Crippen LogP contribution in [0, 0.1) is 0 Å².